The first-order chi connectivity index (χ1) is 13.9. The Labute approximate surface area is 175 Å². The van der Waals surface area contributed by atoms with Gasteiger partial charge in [0.2, 0.25) is 0 Å². The lowest BCUT2D eigenvalue weighted by Crippen LogP contribution is -2.38. The van der Waals surface area contributed by atoms with Crippen LogP contribution in [0.1, 0.15) is 32.1 Å². The molecule has 2 aliphatic heterocycles. The highest BCUT2D eigenvalue weighted by molar-refractivity contribution is 8.16. The predicted octanol–water partition coefficient (Wildman–Crippen LogP) is 2.89. The topological polar surface area (TPSA) is 85.3 Å². The average molecular weight is 439 g/mol. The number of nitrogens with zero attached hydrogens (tertiary/aromatic N) is 2. The number of aliphatic imine (C=N–C) groups is 1. The van der Waals surface area contributed by atoms with E-state index in [-0.39, 0.29) is 34.6 Å². The van der Waals surface area contributed by atoms with Crippen molar-refractivity contribution in [2.24, 2.45) is 10.9 Å². The van der Waals surface area contributed by atoms with E-state index in [1.54, 1.807) is 26.4 Å². The fourth-order valence-electron chi connectivity index (χ4n) is 4.37. The van der Waals surface area contributed by atoms with Crippen molar-refractivity contribution >= 4 is 38.4 Å². The second-order valence-electron chi connectivity index (χ2n) is 7.78. The van der Waals surface area contributed by atoms with E-state index < -0.39 is 9.84 Å². The van der Waals surface area contributed by atoms with Gasteiger partial charge in [-0.15, -0.1) is 0 Å². The van der Waals surface area contributed by atoms with Crippen molar-refractivity contribution in [2.45, 2.75) is 43.4 Å². The fraction of sp³-hybridized carbons (Fsp3) is 0.600. The van der Waals surface area contributed by atoms with Crippen LogP contribution >= 0.6 is 11.8 Å². The lowest BCUT2D eigenvalue weighted by atomic mass is 9.89. The number of rotatable bonds is 4. The van der Waals surface area contributed by atoms with E-state index in [1.807, 2.05) is 11.0 Å². The Bertz CT molecular complexity index is 925. The van der Waals surface area contributed by atoms with Crippen molar-refractivity contribution in [3.05, 3.63) is 18.2 Å². The van der Waals surface area contributed by atoms with Gasteiger partial charge in [0.25, 0.3) is 5.91 Å². The Hall–Kier alpha value is -1.74. The number of amidine groups is 1. The summed E-state index contributed by atoms with van der Waals surface area (Å²) in [6.07, 6.45) is 5.05. The highest BCUT2D eigenvalue weighted by Gasteiger charge is 2.50. The van der Waals surface area contributed by atoms with Gasteiger partial charge in [0, 0.05) is 17.2 Å². The predicted molar refractivity (Wildman–Crippen MR) is 115 cm³/mol. The van der Waals surface area contributed by atoms with Crippen molar-refractivity contribution in [1.82, 2.24) is 0 Å². The minimum absolute atomic E-state index is 0.0323. The SMILES string of the molecule is COc1ccc(OC)c(N2C(=NC(=O)C3CCCCC3)S[C@@H]3CS(=O)(=O)C[C@H]32)c1. The van der Waals surface area contributed by atoms with E-state index in [0.29, 0.717) is 22.4 Å². The summed E-state index contributed by atoms with van der Waals surface area (Å²) in [5, 5.41) is 0.422. The highest BCUT2D eigenvalue weighted by atomic mass is 32.2. The van der Waals surface area contributed by atoms with E-state index in [1.165, 1.54) is 18.2 Å². The molecule has 0 radical (unpaired) electrons. The zero-order valence-corrected chi connectivity index (χ0v) is 18.3. The van der Waals surface area contributed by atoms with Gasteiger partial charge in [-0.25, -0.2) is 8.42 Å². The standard InChI is InChI=1S/C20H26N2O5S2/c1-26-14-8-9-17(27-2)15(10-14)22-16-11-29(24,25)12-18(16)28-20(22)21-19(23)13-6-4-3-5-7-13/h8-10,13,16,18H,3-7,11-12H2,1-2H3/t16-,18-/m1/s1. The number of amides is 1. The molecule has 1 aromatic carbocycles. The van der Waals surface area contributed by atoms with Gasteiger partial charge in [-0.05, 0) is 25.0 Å². The summed E-state index contributed by atoms with van der Waals surface area (Å²) in [4.78, 5) is 19.2. The highest BCUT2D eigenvalue weighted by Crippen LogP contribution is 2.45. The van der Waals surface area contributed by atoms with Crippen LogP contribution in [-0.4, -0.2) is 56.5 Å². The molecule has 0 N–H and O–H groups in total. The summed E-state index contributed by atoms with van der Waals surface area (Å²) < 4.78 is 35.4. The van der Waals surface area contributed by atoms with Gasteiger partial charge in [-0.3, -0.25) is 4.79 Å². The Kier molecular flexibility index (Phi) is 5.79. The van der Waals surface area contributed by atoms with Gasteiger partial charge in [-0.2, -0.15) is 4.99 Å². The van der Waals surface area contributed by atoms with Crippen LogP contribution in [-0.2, 0) is 14.6 Å². The van der Waals surface area contributed by atoms with Crippen LogP contribution in [0.4, 0.5) is 5.69 Å². The number of sulfone groups is 1. The molecule has 7 nitrogen and oxygen atoms in total. The maximum Gasteiger partial charge on any atom is 0.251 e. The number of anilines is 1. The Morgan fingerprint density at radius 1 is 1.14 bits per heavy atom. The molecule has 2 heterocycles. The smallest absolute Gasteiger partial charge is 0.251 e. The second-order valence-corrected chi connectivity index (χ2v) is 11.1. The molecule has 9 heteroatoms. The summed E-state index contributed by atoms with van der Waals surface area (Å²) in [7, 11) is 0.0204. The van der Waals surface area contributed by atoms with Crippen LogP contribution in [0.3, 0.4) is 0 Å². The monoisotopic (exact) mass is 438 g/mol. The van der Waals surface area contributed by atoms with Crippen LogP contribution in [0.15, 0.2) is 23.2 Å². The number of carbonyl (C=O) groups excluding carboxylic acids is 1. The van der Waals surface area contributed by atoms with Gasteiger partial charge in [0.15, 0.2) is 15.0 Å². The molecule has 1 aliphatic carbocycles. The molecular formula is C20H26N2O5S2. The third-order valence-electron chi connectivity index (χ3n) is 5.87. The fourth-order valence-corrected chi connectivity index (χ4v) is 8.28. The summed E-state index contributed by atoms with van der Waals surface area (Å²) in [5.41, 5.74) is 0.680. The number of fused-ring (bicyclic) bond motifs is 1. The van der Waals surface area contributed by atoms with E-state index in [4.69, 9.17) is 9.47 Å². The lowest BCUT2D eigenvalue weighted by molar-refractivity contribution is -0.122. The Morgan fingerprint density at radius 2 is 1.90 bits per heavy atom. The maximum absolute atomic E-state index is 12.9. The molecule has 0 aromatic heterocycles. The van der Waals surface area contributed by atoms with Crippen molar-refractivity contribution in [3.8, 4) is 11.5 Å². The summed E-state index contributed by atoms with van der Waals surface area (Å²) in [6, 6.07) is 5.12. The molecule has 1 saturated carbocycles. The van der Waals surface area contributed by atoms with Crippen molar-refractivity contribution in [3.63, 3.8) is 0 Å². The van der Waals surface area contributed by atoms with Crippen molar-refractivity contribution in [1.29, 1.82) is 0 Å². The van der Waals surface area contributed by atoms with E-state index in [0.717, 1.165) is 25.7 Å². The largest absolute Gasteiger partial charge is 0.497 e. The molecule has 3 fully saturated rings. The normalized spacial score (nSPS) is 27.8. The van der Waals surface area contributed by atoms with E-state index in [9.17, 15) is 13.2 Å². The third-order valence-corrected chi connectivity index (χ3v) is 9.08. The van der Waals surface area contributed by atoms with Gasteiger partial charge in [0.05, 0.1) is 37.5 Å². The molecule has 4 rings (SSSR count). The molecule has 29 heavy (non-hydrogen) atoms. The number of ether oxygens (including phenoxy) is 2. The van der Waals surface area contributed by atoms with Crippen LogP contribution in [0.2, 0.25) is 0 Å². The van der Waals surface area contributed by atoms with Crippen LogP contribution in [0, 0.1) is 5.92 Å². The molecule has 1 aromatic rings. The first-order valence-electron chi connectivity index (χ1n) is 9.93. The molecule has 0 spiro atoms. The molecule has 158 valence electrons. The molecule has 3 aliphatic rings. The van der Waals surface area contributed by atoms with Gasteiger partial charge >= 0.3 is 0 Å². The van der Waals surface area contributed by atoms with Crippen molar-refractivity contribution < 1.29 is 22.7 Å². The van der Waals surface area contributed by atoms with E-state index >= 15 is 0 Å². The van der Waals surface area contributed by atoms with Crippen LogP contribution in [0.5, 0.6) is 11.5 Å². The number of benzene rings is 1. The number of hydrogen-bond donors (Lipinski definition) is 0. The van der Waals surface area contributed by atoms with Gasteiger partial charge in [0.1, 0.15) is 11.5 Å². The molecule has 2 saturated heterocycles. The zero-order valence-electron chi connectivity index (χ0n) is 16.7. The molecule has 1 amide bonds. The molecule has 2 atom stereocenters. The number of carbonyl (C=O) groups is 1. The number of hydrogen-bond acceptors (Lipinski definition) is 6. The lowest BCUT2D eigenvalue weighted by Gasteiger charge is -2.27. The summed E-state index contributed by atoms with van der Waals surface area (Å²) in [6.45, 7) is 0. The number of thioether (sulfide) groups is 1. The minimum Gasteiger partial charge on any atom is -0.497 e. The Morgan fingerprint density at radius 3 is 2.59 bits per heavy atom. The zero-order chi connectivity index (χ0) is 20.6. The third kappa shape index (κ3) is 4.12. The first kappa shape index (κ1) is 20.5. The van der Waals surface area contributed by atoms with E-state index in [2.05, 4.69) is 4.99 Å². The summed E-state index contributed by atoms with van der Waals surface area (Å²) >= 11 is 1.39. The second kappa shape index (κ2) is 8.18. The molecular weight excluding hydrogens is 412 g/mol. The Balaban J connectivity index is 1.73. The quantitative estimate of drug-likeness (QED) is 0.714. The maximum atomic E-state index is 12.9. The molecule has 0 bridgehead atoms. The number of methoxy groups -OCH3 is 2. The van der Waals surface area contributed by atoms with Crippen LogP contribution in [0.25, 0.3) is 0 Å². The molecule has 0 unspecified atom stereocenters. The van der Waals surface area contributed by atoms with Crippen LogP contribution < -0.4 is 14.4 Å². The first-order valence-corrected chi connectivity index (χ1v) is 12.6. The van der Waals surface area contributed by atoms with Gasteiger partial charge in [-0.1, -0.05) is 31.0 Å². The minimum atomic E-state index is -3.13. The van der Waals surface area contributed by atoms with Gasteiger partial charge < -0.3 is 14.4 Å². The van der Waals surface area contributed by atoms with Crippen molar-refractivity contribution in [2.75, 3.05) is 30.6 Å². The summed E-state index contributed by atoms with van der Waals surface area (Å²) in [5.74, 6) is 1.24. The average Bonchev–Trinajstić information content (AvgIpc) is 3.18.